The van der Waals surface area contributed by atoms with Gasteiger partial charge in [0.1, 0.15) is 5.76 Å². The molecule has 0 atom stereocenters. The third-order valence-corrected chi connectivity index (χ3v) is 2.06. The van der Waals surface area contributed by atoms with Crippen LogP contribution in [-0.4, -0.2) is 6.29 Å². The van der Waals surface area contributed by atoms with Crippen LogP contribution in [-0.2, 0) is 6.42 Å². The molecule has 0 spiro atoms. The number of aryl methyl sites for hydroxylation is 1. The molecule has 0 bridgehead atoms. The number of hydrogen-bond acceptors (Lipinski definition) is 3. The van der Waals surface area contributed by atoms with Gasteiger partial charge < -0.3 is 4.42 Å². The van der Waals surface area contributed by atoms with E-state index >= 15 is 0 Å². The molecule has 0 aliphatic carbocycles. The van der Waals surface area contributed by atoms with E-state index in [1.54, 1.807) is 6.07 Å². The highest BCUT2D eigenvalue weighted by atomic mass is 16.4. The Labute approximate surface area is 82.7 Å². The maximum atomic E-state index is 11.1. The van der Waals surface area contributed by atoms with Gasteiger partial charge in [0, 0.05) is 6.42 Å². The first kappa shape index (κ1) is 10.7. The van der Waals surface area contributed by atoms with Gasteiger partial charge in [-0.1, -0.05) is 19.8 Å². The van der Waals surface area contributed by atoms with Crippen molar-refractivity contribution < 1.29 is 9.21 Å². The Morgan fingerprint density at radius 1 is 1.36 bits per heavy atom. The van der Waals surface area contributed by atoms with E-state index in [1.807, 2.05) is 0 Å². The van der Waals surface area contributed by atoms with Gasteiger partial charge in [0.2, 0.25) is 0 Å². The van der Waals surface area contributed by atoms with Gasteiger partial charge in [0.15, 0.2) is 6.29 Å². The minimum atomic E-state index is -0.533. The van der Waals surface area contributed by atoms with Crippen LogP contribution < -0.4 is 5.63 Å². The van der Waals surface area contributed by atoms with Crippen LogP contribution >= 0.6 is 0 Å². The number of unbranched alkanes of at least 4 members (excludes halogenated alkanes) is 2. The number of rotatable bonds is 5. The van der Waals surface area contributed by atoms with Crippen LogP contribution in [0.2, 0.25) is 0 Å². The Bertz CT molecular complexity index is 352. The monoisotopic (exact) mass is 194 g/mol. The van der Waals surface area contributed by atoms with Gasteiger partial charge in [-0.15, -0.1) is 0 Å². The molecule has 0 radical (unpaired) electrons. The number of hydrogen-bond donors (Lipinski definition) is 0. The lowest BCUT2D eigenvalue weighted by atomic mass is 10.1. The molecule has 0 amide bonds. The third kappa shape index (κ3) is 2.83. The molecule has 0 fully saturated rings. The van der Waals surface area contributed by atoms with E-state index in [0.717, 1.165) is 25.7 Å². The maximum Gasteiger partial charge on any atom is 0.346 e. The molecule has 0 N–H and O–H groups in total. The number of aldehydes is 1. The summed E-state index contributed by atoms with van der Waals surface area (Å²) in [4.78, 5) is 21.4. The highest BCUT2D eigenvalue weighted by molar-refractivity contribution is 5.73. The molecule has 0 saturated carbocycles. The molecule has 0 saturated heterocycles. The van der Waals surface area contributed by atoms with Crippen molar-refractivity contribution >= 4 is 6.29 Å². The van der Waals surface area contributed by atoms with E-state index in [0.29, 0.717) is 12.0 Å². The summed E-state index contributed by atoms with van der Waals surface area (Å²) in [5.74, 6) is 0.661. The Morgan fingerprint density at radius 3 is 2.71 bits per heavy atom. The van der Waals surface area contributed by atoms with Crippen LogP contribution in [0.25, 0.3) is 0 Å². The fourth-order valence-corrected chi connectivity index (χ4v) is 1.23. The summed E-state index contributed by atoms with van der Waals surface area (Å²) in [6, 6.07) is 3.21. The molecule has 3 heteroatoms. The zero-order valence-electron chi connectivity index (χ0n) is 8.29. The van der Waals surface area contributed by atoms with Crippen molar-refractivity contribution in [3.63, 3.8) is 0 Å². The topological polar surface area (TPSA) is 47.3 Å². The van der Waals surface area contributed by atoms with Crippen LogP contribution in [0.5, 0.6) is 0 Å². The van der Waals surface area contributed by atoms with Crippen LogP contribution in [0.15, 0.2) is 21.3 Å². The summed E-state index contributed by atoms with van der Waals surface area (Å²) in [6.07, 6.45) is 4.56. The van der Waals surface area contributed by atoms with Gasteiger partial charge >= 0.3 is 5.63 Å². The van der Waals surface area contributed by atoms with Crippen LogP contribution in [0, 0.1) is 0 Å². The molecule has 1 aromatic heterocycles. The molecular formula is C11H14O3. The fraction of sp³-hybridized carbons (Fsp3) is 0.455. The van der Waals surface area contributed by atoms with Crippen molar-refractivity contribution in [2.24, 2.45) is 0 Å². The zero-order chi connectivity index (χ0) is 10.4. The van der Waals surface area contributed by atoms with Gasteiger partial charge in [0.05, 0.1) is 5.56 Å². The summed E-state index contributed by atoms with van der Waals surface area (Å²) in [5, 5.41) is 0. The number of carbonyl (C=O) groups is 1. The lowest BCUT2D eigenvalue weighted by molar-refractivity contribution is 0.111. The van der Waals surface area contributed by atoms with Gasteiger partial charge in [-0.2, -0.15) is 0 Å². The molecule has 1 aromatic rings. The van der Waals surface area contributed by atoms with E-state index in [9.17, 15) is 9.59 Å². The minimum Gasteiger partial charge on any atom is -0.427 e. The van der Waals surface area contributed by atoms with Gasteiger partial charge in [0.25, 0.3) is 0 Å². The van der Waals surface area contributed by atoms with E-state index in [-0.39, 0.29) is 5.56 Å². The fourth-order valence-electron chi connectivity index (χ4n) is 1.23. The smallest absolute Gasteiger partial charge is 0.346 e. The standard InChI is InChI=1S/C11H14O3/c1-2-3-4-5-10-7-6-9(8-12)11(13)14-10/h6-8H,2-5H2,1H3. The Morgan fingerprint density at radius 2 is 2.14 bits per heavy atom. The van der Waals surface area contributed by atoms with Crippen molar-refractivity contribution in [1.82, 2.24) is 0 Å². The van der Waals surface area contributed by atoms with E-state index in [1.165, 1.54) is 6.07 Å². The van der Waals surface area contributed by atoms with Crippen LogP contribution in [0.3, 0.4) is 0 Å². The average molecular weight is 194 g/mol. The third-order valence-electron chi connectivity index (χ3n) is 2.06. The molecule has 0 unspecified atom stereocenters. The normalized spacial score (nSPS) is 10.1. The zero-order valence-corrected chi connectivity index (χ0v) is 8.29. The molecule has 3 nitrogen and oxygen atoms in total. The lowest BCUT2D eigenvalue weighted by Gasteiger charge is -1.98. The van der Waals surface area contributed by atoms with Crippen molar-refractivity contribution in [3.8, 4) is 0 Å². The summed E-state index contributed by atoms with van der Waals surface area (Å²) < 4.78 is 4.96. The van der Waals surface area contributed by atoms with Crippen molar-refractivity contribution in [2.45, 2.75) is 32.6 Å². The highest BCUT2D eigenvalue weighted by Crippen LogP contribution is 2.04. The summed E-state index contributed by atoms with van der Waals surface area (Å²) in [5.41, 5.74) is -0.446. The Hall–Kier alpha value is -1.38. The molecule has 0 aliphatic heterocycles. The first-order chi connectivity index (χ1) is 6.77. The summed E-state index contributed by atoms with van der Waals surface area (Å²) in [7, 11) is 0. The maximum absolute atomic E-state index is 11.1. The predicted octanol–water partition coefficient (Wildman–Crippen LogP) is 2.18. The Balaban J connectivity index is 2.67. The van der Waals surface area contributed by atoms with Gasteiger partial charge in [-0.3, -0.25) is 4.79 Å². The number of carbonyl (C=O) groups excluding carboxylic acids is 1. The van der Waals surface area contributed by atoms with Crippen LogP contribution in [0.4, 0.5) is 0 Å². The second-order valence-electron chi connectivity index (χ2n) is 3.22. The van der Waals surface area contributed by atoms with Gasteiger partial charge in [-0.05, 0) is 18.6 Å². The first-order valence-corrected chi connectivity index (χ1v) is 4.86. The van der Waals surface area contributed by atoms with Gasteiger partial charge in [-0.25, -0.2) is 4.79 Å². The summed E-state index contributed by atoms with van der Waals surface area (Å²) in [6.45, 7) is 2.12. The van der Waals surface area contributed by atoms with E-state index in [4.69, 9.17) is 4.42 Å². The highest BCUT2D eigenvalue weighted by Gasteiger charge is 2.01. The average Bonchev–Trinajstić information content (AvgIpc) is 2.18. The molecule has 1 rings (SSSR count). The SMILES string of the molecule is CCCCCc1ccc(C=O)c(=O)o1. The quantitative estimate of drug-likeness (QED) is 0.533. The van der Waals surface area contributed by atoms with Crippen molar-refractivity contribution in [2.75, 3.05) is 0 Å². The second-order valence-corrected chi connectivity index (χ2v) is 3.22. The molecular weight excluding hydrogens is 180 g/mol. The molecule has 0 aliphatic rings. The van der Waals surface area contributed by atoms with Crippen molar-refractivity contribution in [3.05, 3.63) is 33.9 Å². The van der Waals surface area contributed by atoms with E-state index < -0.39 is 5.63 Å². The molecule has 14 heavy (non-hydrogen) atoms. The van der Waals surface area contributed by atoms with Crippen molar-refractivity contribution in [1.29, 1.82) is 0 Å². The molecule has 1 heterocycles. The van der Waals surface area contributed by atoms with Crippen LogP contribution in [0.1, 0.15) is 42.3 Å². The second kappa shape index (κ2) is 5.37. The molecule has 0 aromatic carbocycles. The largest absolute Gasteiger partial charge is 0.427 e. The first-order valence-electron chi connectivity index (χ1n) is 4.86. The minimum absolute atomic E-state index is 0.0873. The predicted molar refractivity (Wildman–Crippen MR) is 53.6 cm³/mol. The lowest BCUT2D eigenvalue weighted by Crippen LogP contribution is -2.07. The molecule has 76 valence electrons. The van der Waals surface area contributed by atoms with E-state index in [2.05, 4.69) is 6.92 Å². The Kier molecular flexibility index (Phi) is 4.11. The summed E-state index contributed by atoms with van der Waals surface area (Å²) >= 11 is 0.